The van der Waals surface area contributed by atoms with Gasteiger partial charge in [-0.3, -0.25) is 9.59 Å². The van der Waals surface area contributed by atoms with Crippen molar-refractivity contribution in [3.63, 3.8) is 0 Å². The van der Waals surface area contributed by atoms with Gasteiger partial charge in [0.25, 0.3) is 5.91 Å². The van der Waals surface area contributed by atoms with Crippen LogP contribution in [0.4, 0.5) is 13.2 Å². The van der Waals surface area contributed by atoms with Crippen LogP contribution in [0, 0.1) is 0 Å². The molecule has 0 spiro atoms. The number of carbonyl (C=O) groups excluding carboxylic acids is 1. The van der Waals surface area contributed by atoms with Crippen molar-refractivity contribution in [3.05, 3.63) is 46.2 Å². The van der Waals surface area contributed by atoms with Crippen LogP contribution in [0.5, 0.6) is 0 Å². The molecule has 0 radical (unpaired) electrons. The van der Waals surface area contributed by atoms with Crippen molar-refractivity contribution in [1.82, 2.24) is 10.3 Å². The Morgan fingerprint density at radius 2 is 2.00 bits per heavy atom. The highest BCUT2D eigenvalue weighted by molar-refractivity contribution is 5.94. The molecule has 2 aromatic rings. The largest absolute Gasteiger partial charge is 0.416 e. The van der Waals surface area contributed by atoms with Gasteiger partial charge >= 0.3 is 6.18 Å². The van der Waals surface area contributed by atoms with E-state index in [4.69, 9.17) is 5.11 Å². The summed E-state index contributed by atoms with van der Waals surface area (Å²) < 4.78 is 36.3. The minimum absolute atomic E-state index is 0.173. The lowest BCUT2D eigenvalue weighted by atomic mass is 10.2. The van der Waals surface area contributed by atoms with Gasteiger partial charge in [-0.2, -0.15) is 13.2 Å². The summed E-state index contributed by atoms with van der Waals surface area (Å²) in [6.07, 6.45) is -7.47. The van der Waals surface area contributed by atoms with Gasteiger partial charge in [-0.1, -0.05) is 12.1 Å². The minimum atomic E-state index is -4.82. The molecular formula is C13H11F3N2O3. The minimum Gasteiger partial charge on any atom is -0.382 e. The van der Waals surface area contributed by atoms with Crippen LogP contribution < -0.4 is 10.7 Å². The second-order valence-corrected chi connectivity index (χ2v) is 4.36. The Hall–Kier alpha value is -2.35. The van der Waals surface area contributed by atoms with E-state index in [2.05, 4.69) is 4.98 Å². The quantitative estimate of drug-likeness (QED) is 0.796. The van der Waals surface area contributed by atoms with Crippen molar-refractivity contribution >= 4 is 16.8 Å². The summed E-state index contributed by atoms with van der Waals surface area (Å²) in [6, 6.07) is 7.42. The first-order valence-corrected chi connectivity index (χ1v) is 5.94. The molecule has 0 saturated carbocycles. The number of pyridine rings is 1. The summed E-state index contributed by atoms with van der Waals surface area (Å²) in [7, 11) is 0. The van der Waals surface area contributed by atoms with E-state index in [0.29, 0.717) is 10.9 Å². The molecule has 5 nitrogen and oxygen atoms in total. The highest BCUT2D eigenvalue weighted by Gasteiger charge is 2.38. The fraction of sp³-hybridized carbons (Fsp3) is 0.231. The van der Waals surface area contributed by atoms with Crippen LogP contribution in [0.3, 0.4) is 0 Å². The monoisotopic (exact) mass is 300 g/mol. The number of H-pyrrole nitrogens is 1. The summed E-state index contributed by atoms with van der Waals surface area (Å²) in [5, 5.41) is 11.1. The smallest absolute Gasteiger partial charge is 0.382 e. The number of para-hydroxylation sites is 1. The number of hydrogen-bond acceptors (Lipinski definition) is 3. The number of alkyl halides is 3. The number of rotatable bonds is 3. The van der Waals surface area contributed by atoms with E-state index in [9.17, 15) is 22.8 Å². The summed E-state index contributed by atoms with van der Waals surface area (Å²) in [6.45, 7) is -0.989. The predicted molar refractivity (Wildman–Crippen MR) is 69.0 cm³/mol. The van der Waals surface area contributed by atoms with Crippen LogP contribution in [-0.4, -0.2) is 34.8 Å². The number of amides is 1. The van der Waals surface area contributed by atoms with Crippen molar-refractivity contribution in [2.24, 2.45) is 0 Å². The zero-order valence-corrected chi connectivity index (χ0v) is 10.6. The second kappa shape index (κ2) is 5.57. The van der Waals surface area contributed by atoms with E-state index < -0.39 is 30.2 Å². The molecule has 1 aromatic heterocycles. The molecule has 21 heavy (non-hydrogen) atoms. The third-order valence-electron chi connectivity index (χ3n) is 2.82. The molecule has 2 rings (SSSR count). The summed E-state index contributed by atoms with van der Waals surface area (Å²) in [5.74, 6) is -0.902. The number of aromatic amines is 1. The maximum Gasteiger partial charge on any atom is 0.416 e. The fourth-order valence-corrected chi connectivity index (χ4v) is 1.72. The normalized spacial score (nSPS) is 13.1. The van der Waals surface area contributed by atoms with Gasteiger partial charge < -0.3 is 15.4 Å². The van der Waals surface area contributed by atoms with E-state index >= 15 is 0 Å². The standard InChI is InChI=1S/C13H11F3N2O3/c14-13(15,16)11(20)6-17-12(21)9-5-10(19)7-3-1-2-4-8(7)18-9/h1-5,11,20H,6H2,(H,17,21)(H,18,19). The predicted octanol–water partition coefficient (Wildman–Crippen LogP) is 1.18. The Morgan fingerprint density at radius 3 is 2.67 bits per heavy atom. The van der Waals surface area contributed by atoms with Gasteiger partial charge in [0.15, 0.2) is 11.5 Å². The number of nitrogens with one attached hydrogen (secondary N) is 2. The topological polar surface area (TPSA) is 82.2 Å². The van der Waals surface area contributed by atoms with Crippen LogP contribution in [0.25, 0.3) is 10.9 Å². The highest BCUT2D eigenvalue weighted by atomic mass is 19.4. The van der Waals surface area contributed by atoms with Gasteiger partial charge in [-0.15, -0.1) is 0 Å². The number of aromatic nitrogens is 1. The Kier molecular flexibility index (Phi) is 3.99. The first kappa shape index (κ1) is 15.0. The van der Waals surface area contributed by atoms with Crippen LogP contribution in [-0.2, 0) is 0 Å². The first-order chi connectivity index (χ1) is 9.79. The Bertz CT molecular complexity index is 724. The number of benzene rings is 1. The van der Waals surface area contributed by atoms with Crippen molar-refractivity contribution in [2.75, 3.05) is 6.54 Å². The zero-order valence-electron chi connectivity index (χ0n) is 10.6. The third-order valence-corrected chi connectivity index (χ3v) is 2.82. The van der Waals surface area contributed by atoms with Crippen molar-refractivity contribution in [2.45, 2.75) is 12.3 Å². The van der Waals surface area contributed by atoms with Gasteiger partial charge in [0.05, 0.1) is 6.54 Å². The molecule has 1 atom stereocenters. The number of fused-ring (bicyclic) bond motifs is 1. The lowest BCUT2D eigenvalue weighted by Crippen LogP contribution is -2.41. The SMILES string of the molecule is O=C(NCC(O)C(F)(F)F)c1cc(=O)c2ccccc2[nH]1. The molecule has 1 unspecified atom stereocenters. The Morgan fingerprint density at radius 1 is 1.33 bits per heavy atom. The number of aliphatic hydroxyl groups excluding tert-OH is 1. The number of hydrogen-bond donors (Lipinski definition) is 3. The molecule has 112 valence electrons. The van der Waals surface area contributed by atoms with E-state index in [0.717, 1.165) is 6.07 Å². The molecule has 0 saturated heterocycles. The molecule has 1 amide bonds. The molecule has 0 aliphatic carbocycles. The fourth-order valence-electron chi connectivity index (χ4n) is 1.72. The second-order valence-electron chi connectivity index (χ2n) is 4.36. The molecule has 0 aliphatic heterocycles. The molecule has 0 aliphatic rings. The van der Waals surface area contributed by atoms with Crippen LogP contribution >= 0.6 is 0 Å². The average Bonchev–Trinajstić information content (AvgIpc) is 2.43. The highest BCUT2D eigenvalue weighted by Crippen LogP contribution is 2.19. The number of halogens is 3. The van der Waals surface area contributed by atoms with Crippen molar-refractivity contribution in [3.8, 4) is 0 Å². The number of aliphatic hydroxyl groups is 1. The molecular weight excluding hydrogens is 289 g/mol. The average molecular weight is 300 g/mol. The van der Waals surface area contributed by atoms with Crippen LogP contribution in [0.15, 0.2) is 35.1 Å². The summed E-state index contributed by atoms with van der Waals surface area (Å²) in [5.41, 5.74) is -0.203. The van der Waals surface area contributed by atoms with Gasteiger partial charge in [0.1, 0.15) is 5.69 Å². The molecule has 3 N–H and O–H groups in total. The van der Waals surface area contributed by atoms with E-state index in [-0.39, 0.29) is 5.69 Å². The molecule has 1 heterocycles. The molecule has 1 aromatic carbocycles. The van der Waals surface area contributed by atoms with Crippen LogP contribution in [0.1, 0.15) is 10.5 Å². The molecule has 0 fully saturated rings. The summed E-state index contributed by atoms with van der Waals surface area (Å²) in [4.78, 5) is 26.1. The van der Waals surface area contributed by atoms with Gasteiger partial charge in [-0.25, -0.2) is 0 Å². The van der Waals surface area contributed by atoms with E-state index in [1.807, 2.05) is 5.32 Å². The van der Waals surface area contributed by atoms with E-state index in [1.165, 1.54) is 0 Å². The maximum atomic E-state index is 12.1. The molecule has 0 bridgehead atoms. The Labute approximate surface area is 116 Å². The first-order valence-electron chi connectivity index (χ1n) is 5.94. The Balaban J connectivity index is 2.19. The van der Waals surface area contributed by atoms with Crippen molar-refractivity contribution in [1.29, 1.82) is 0 Å². The zero-order chi connectivity index (χ0) is 15.6. The van der Waals surface area contributed by atoms with Gasteiger partial charge in [0.2, 0.25) is 0 Å². The maximum absolute atomic E-state index is 12.1. The van der Waals surface area contributed by atoms with E-state index in [1.54, 1.807) is 24.3 Å². The lowest BCUT2D eigenvalue weighted by molar-refractivity contribution is -0.201. The third kappa shape index (κ3) is 3.40. The number of carbonyl (C=O) groups is 1. The lowest BCUT2D eigenvalue weighted by Gasteiger charge is -2.15. The van der Waals surface area contributed by atoms with Crippen molar-refractivity contribution < 1.29 is 23.1 Å². The molecule has 8 heteroatoms. The summed E-state index contributed by atoms with van der Waals surface area (Å²) >= 11 is 0. The van der Waals surface area contributed by atoms with Gasteiger partial charge in [0, 0.05) is 17.0 Å². The van der Waals surface area contributed by atoms with Gasteiger partial charge in [-0.05, 0) is 12.1 Å². The van der Waals surface area contributed by atoms with Crippen LogP contribution in [0.2, 0.25) is 0 Å².